The third-order valence-corrected chi connectivity index (χ3v) is 2.06. The zero-order valence-electron chi connectivity index (χ0n) is 9.95. The van der Waals surface area contributed by atoms with Crippen molar-refractivity contribution in [2.75, 3.05) is 12.4 Å². The van der Waals surface area contributed by atoms with Crippen LogP contribution in [0.25, 0.3) is 0 Å². The van der Waals surface area contributed by atoms with Gasteiger partial charge in [-0.2, -0.15) is 0 Å². The third-order valence-electron chi connectivity index (χ3n) is 2.06. The van der Waals surface area contributed by atoms with E-state index in [-0.39, 0.29) is 23.5 Å². The molecule has 1 N–H and O–H groups in total. The van der Waals surface area contributed by atoms with E-state index in [1.54, 1.807) is 0 Å². The monoisotopic (exact) mass is 253 g/mol. The molecule has 1 amide bonds. The molecule has 0 aliphatic carbocycles. The standard InChI is InChI=1S/C12H12FNO4/c1-7(15)5-11(16)14-8-3-4-10(13)9(6-8)12(17)18-2/h3-4,6H,5H2,1-2H3,(H,14,16). The van der Waals surface area contributed by atoms with Crippen molar-refractivity contribution in [1.82, 2.24) is 0 Å². The summed E-state index contributed by atoms with van der Waals surface area (Å²) in [6.07, 6.45) is -0.273. The lowest BCUT2D eigenvalue weighted by atomic mass is 10.2. The molecule has 0 atom stereocenters. The fourth-order valence-corrected chi connectivity index (χ4v) is 1.30. The number of ether oxygens (including phenoxy) is 1. The molecular formula is C12H12FNO4. The smallest absolute Gasteiger partial charge is 0.340 e. The fourth-order valence-electron chi connectivity index (χ4n) is 1.30. The van der Waals surface area contributed by atoms with Gasteiger partial charge >= 0.3 is 5.97 Å². The number of nitrogens with one attached hydrogen (secondary N) is 1. The molecule has 0 aliphatic heterocycles. The van der Waals surface area contributed by atoms with Gasteiger partial charge < -0.3 is 10.1 Å². The minimum absolute atomic E-state index is 0.225. The van der Waals surface area contributed by atoms with Crippen LogP contribution >= 0.6 is 0 Å². The molecule has 1 rings (SSSR count). The molecule has 0 saturated heterocycles. The molecule has 0 aliphatic rings. The number of ketones is 1. The highest BCUT2D eigenvalue weighted by molar-refractivity contribution is 6.04. The van der Waals surface area contributed by atoms with Gasteiger partial charge in [0.05, 0.1) is 19.1 Å². The first kappa shape index (κ1) is 13.8. The van der Waals surface area contributed by atoms with Crippen LogP contribution in [0.15, 0.2) is 18.2 Å². The average Bonchev–Trinajstić information content (AvgIpc) is 2.29. The van der Waals surface area contributed by atoms with Gasteiger partial charge in [-0.1, -0.05) is 0 Å². The summed E-state index contributed by atoms with van der Waals surface area (Å²) >= 11 is 0. The lowest BCUT2D eigenvalue weighted by Gasteiger charge is -2.06. The molecule has 0 fully saturated rings. The summed E-state index contributed by atoms with van der Waals surface area (Å²) in [7, 11) is 1.13. The summed E-state index contributed by atoms with van der Waals surface area (Å²) in [6.45, 7) is 1.28. The molecular weight excluding hydrogens is 241 g/mol. The second-order valence-electron chi connectivity index (χ2n) is 3.61. The summed E-state index contributed by atoms with van der Waals surface area (Å²) in [5.41, 5.74) is -0.0545. The zero-order chi connectivity index (χ0) is 13.7. The van der Waals surface area contributed by atoms with Crippen molar-refractivity contribution in [3.63, 3.8) is 0 Å². The van der Waals surface area contributed by atoms with Crippen molar-refractivity contribution < 1.29 is 23.5 Å². The minimum atomic E-state index is -0.838. The molecule has 0 heterocycles. The van der Waals surface area contributed by atoms with E-state index in [2.05, 4.69) is 10.1 Å². The van der Waals surface area contributed by atoms with Crippen LogP contribution < -0.4 is 5.32 Å². The van der Waals surface area contributed by atoms with Gasteiger partial charge in [0.1, 0.15) is 11.6 Å². The zero-order valence-corrected chi connectivity index (χ0v) is 9.95. The number of Topliss-reactive ketones (excluding diaryl/α,β-unsaturated/α-hetero) is 1. The molecule has 96 valence electrons. The molecule has 0 saturated carbocycles. The molecule has 1 aromatic rings. The number of methoxy groups -OCH3 is 1. The minimum Gasteiger partial charge on any atom is -0.465 e. The van der Waals surface area contributed by atoms with Crippen molar-refractivity contribution in [2.45, 2.75) is 13.3 Å². The number of anilines is 1. The van der Waals surface area contributed by atoms with Gasteiger partial charge in [-0.25, -0.2) is 9.18 Å². The van der Waals surface area contributed by atoms with Crippen molar-refractivity contribution in [3.05, 3.63) is 29.6 Å². The van der Waals surface area contributed by atoms with Crippen molar-refractivity contribution in [1.29, 1.82) is 0 Å². The molecule has 18 heavy (non-hydrogen) atoms. The Labute approximate surface area is 103 Å². The van der Waals surface area contributed by atoms with Gasteiger partial charge in [-0.15, -0.1) is 0 Å². The van der Waals surface area contributed by atoms with E-state index in [1.165, 1.54) is 13.0 Å². The van der Waals surface area contributed by atoms with Crippen LogP contribution in [0.3, 0.4) is 0 Å². The molecule has 0 radical (unpaired) electrons. The van der Waals surface area contributed by atoms with Crippen LogP contribution in [0.1, 0.15) is 23.7 Å². The van der Waals surface area contributed by atoms with E-state index >= 15 is 0 Å². The SMILES string of the molecule is COC(=O)c1cc(NC(=O)CC(C)=O)ccc1F. The Kier molecular flexibility index (Phi) is 4.53. The Hall–Kier alpha value is -2.24. The van der Waals surface area contributed by atoms with Crippen LogP contribution in [0.5, 0.6) is 0 Å². The van der Waals surface area contributed by atoms with Gasteiger partial charge in [-0.3, -0.25) is 9.59 Å². The molecule has 0 aromatic heterocycles. The summed E-state index contributed by atoms with van der Waals surface area (Å²) in [5.74, 6) is -2.39. The number of hydrogen-bond donors (Lipinski definition) is 1. The first-order chi connectivity index (χ1) is 8.43. The van der Waals surface area contributed by atoms with Crippen LogP contribution in [0.4, 0.5) is 10.1 Å². The van der Waals surface area contributed by atoms with Crippen LogP contribution in [0.2, 0.25) is 0 Å². The maximum atomic E-state index is 13.3. The Bertz CT molecular complexity index is 499. The topological polar surface area (TPSA) is 72.5 Å². The van der Waals surface area contributed by atoms with Crippen molar-refractivity contribution in [3.8, 4) is 0 Å². The number of esters is 1. The highest BCUT2D eigenvalue weighted by atomic mass is 19.1. The first-order valence-corrected chi connectivity index (χ1v) is 5.11. The van der Waals surface area contributed by atoms with E-state index in [4.69, 9.17) is 0 Å². The Morgan fingerprint density at radius 3 is 2.56 bits per heavy atom. The molecule has 1 aromatic carbocycles. The second kappa shape index (κ2) is 5.90. The number of amides is 1. The highest BCUT2D eigenvalue weighted by Gasteiger charge is 2.14. The quantitative estimate of drug-likeness (QED) is 0.652. The first-order valence-electron chi connectivity index (χ1n) is 5.11. The Balaban J connectivity index is 2.88. The molecule has 0 bridgehead atoms. The maximum absolute atomic E-state index is 13.3. The molecule has 5 nitrogen and oxygen atoms in total. The number of rotatable bonds is 4. The van der Waals surface area contributed by atoms with Crippen LogP contribution in [-0.2, 0) is 14.3 Å². The van der Waals surface area contributed by atoms with Crippen molar-refractivity contribution >= 4 is 23.3 Å². The van der Waals surface area contributed by atoms with E-state index in [9.17, 15) is 18.8 Å². The van der Waals surface area contributed by atoms with Gasteiger partial charge in [0, 0.05) is 5.69 Å². The lowest BCUT2D eigenvalue weighted by Crippen LogP contribution is -2.15. The van der Waals surface area contributed by atoms with Crippen LogP contribution in [0, 0.1) is 5.82 Å². The predicted molar refractivity (Wildman–Crippen MR) is 61.7 cm³/mol. The van der Waals surface area contributed by atoms with Gasteiger partial charge in [-0.05, 0) is 25.1 Å². The average molecular weight is 253 g/mol. The number of hydrogen-bond acceptors (Lipinski definition) is 4. The largest absolute Gasteiger partial charge is 0.465 e. The molecule has 0 spiro atoms. The maximum Gasteiger partial charge on any atom is 0.340 e. The number of carbonyl (C=O) groups excluding carboxylic acids is 3. The molecule has 6 heteroatoms. The van der Waals surface area contributed by atoms with E-state index < -0.39 is 17.7 Å². The molecule has 0 unspecified atom stereocenters. The highest BCUT2D eigenvalue weighted by Crippen LogP contribution is 2.16. The van der Waals surface area contributed by atoms with Crippen molar-refractivity contribution in [2.24, 2.45) is 0 Å². The third kappa shape index (κ3) is 3.65. The van der Waals surface area contributed by atoms with Gasteiger partial charge in [0.15, 0.2) is 0 Å². The number of carbonyl (C=O) groups is 3. The van der Waals surface area contributed by atoms with E-state index in [0.717, 1.165) is 19.2 Å². The number of halogens is 1. The van der Waals surface area contributed by atoms with E-state index in [1.807, 2.05) is 0 Å². The fraction of sp³-hybridized carbons (Fsp3) is 0.250. The summed E-state index contributed by atoms with van der Waals surface area (Å²) in [6, 6.07) is 3.48. The van der Waals surface area contributed by atoms with Gasteiger partial charge in [0.25, 0.3) is 0 Å². The number of benzene rings is 1. The second-order valence-corrected chi connectivity index (χ2v) is 3.61. The van der Waals surface area contributed by atoms with Crippen LogP contribution in [-0.4, -0.2) is 24.8 Å². The normalized spacial score (nSPS) is 9.72. The Morgan fingerprint density at radius 1 is 1.33 bits per heavy atom. The van der Waals surface area contributed by atoms with E-state index in [0.29, 0.717) is 0 Å². The lowest BCUT2D eigenvalue weighted by molar-refractivity contribution is -0.124. The Morgan fingerprint density at radius 2 is 2.00 bits per heavy atom. The summed E-state index contributed by atoms with van der Waals surface area (Å²) in [5, 5.41) is 2.39. The summed E-state index contributed by atoms with van der Waals surface area (Å²) in [4.78, 5) is 33.3. The predicted octanol–water partition coefficient (Wildman–Crippen LogP) is 1.53. The summed E-state index contributed by atoms with van der Waals surface area (Å²) < 4.78 is 17.7. The van der Waals surface area contributed by atoms with Gasteiger partial charge in [0.2, 0.25) is 5.91 Å².